The minimum Gasteiger partial charge on any atom is -0.486 e. The van der Waals surface area contributed by atoms with Crippen molar-refractivity contribution in [1.29, 1.82) is 0 Å². The van der Waals surface area contributed by atoms with Crippen LogP contribution in [-0.4, -0.2) is 38.3 Å². The fourth-order valence-corrected chi connectivity index (χ4v) is 3.14. The fourth-order valence-electron chi connectivity index (χ4n) is 2.29. The molecule has 1 atom stereocenters. The molecule has 1 aromatic rings. The van der Waals surface area contributed by atoms with Gasteiger partial charge in [0, 0.05) is 31.0 Å². The standard InChI is InChI=1S/C14H22N2O2S/c1-4-10(9-19-3)16(2)12-8-14-13(7-11(12)15)17-5-6-18-14/h7-8,10H,4-6,9,15H2,1-3H3. The van der Waals surface area contributed by atoms with E-state index in [1.165, 1.54) is 0 Å². The van der Waals surface area contributed by atoms with Crippen molar-refractivity contribution in [2.75, 3.05) is 42.9 Å². The number of hydrogen-bond acceptors (Lipinski definition) is 5. The number of anilines is 2. The van der Waals surface area contributed by atoms with E-state index in [1.54, 1.807) is 0 Å². The normalized spacial score (nSPS) is 15.1. The Morgan fingerprint density at radius 2 is 1.95 bits per heavy atom. The molecule has 1 aliphatic heterocycles. The minimum atomic E-state index is 0.472. The summed E-state index contributed by atoms with van der Waals surface area (Å²) in [5, 5.41) is 0. The van der Waals surface area contributed by atoms with E-state index < -0.39 is 0 Å². The highest BCUT2D eigenvalue weighted by atomic mass is 32.2. The number of nitrogens with zero attached hydrogens (tertiary/aromatic N) is 1. The molecule has 5 heteroatoms. The zero-order valence-corrected chi connectivity index (χ0v) is 12.6. The summed E-state index contributed by atoms with van der Waals surface area (Å²) in [7, 11) is 2.09. The Labute approximate surface area is 119 Å². The molecule has 0 saturated heterocycles. The Morgan fingerprint density at radius 3 is 2.53 bits per heavy atom. The Morgan fingerprint density at radius 1 is 1.32 bits per heavy atom. The monoisotopic (exact) mass is 282 g/mol. The van der Waals surface area contributed by atoms with Crippen molar-refractivity contribution in [3.8, 4) is 11.5 Å². The first kappa shape index (κ1) is 14.2. The molecule has 2 rings (SSSR count). The van der Waals surface area contributed by atoms with Gasteiger partial charge in [-0.3, -0.25) is 0 Å². The van der Waals surface area contributed by atoms with Crippen molar-refractivity contribution >= 4 is 23.1 Å². The van der Waals surface area contributed by atoms with E-state index in [1.807, 2.05) is 23.9 Å². The molecule has 0 bridgehead atoms. The molecule has 19 heavy (non-hydrogen) atoms. The SMILES string of the molecule is CCC(CSC)N(C)c1cc2c(cc1N)OCCO2. The third-order valence-corrected chi connectivity index (χ3v) is 4.17. The molecular weight excluding hydrogens is 260 g/mol. The smallest absolute Gasteiger partial charge is 0.163 e. The van der Waals surface area contributed by atoms with Crippen LogP contribution in [0.1, 0.15) is 13.3 Å². The number of hydrogen-bond donors (Lipinski definition) is 1. The average molecular weight is 282 g/mol. The van der Waals surface area contributed by atoms with E-state index in [-0.39, 0.29) is 0 Å². The van der Waals surface area contributed by atoms with Gasteiger partial charge in [-0.25, -0.2) is 0 Å². The maximum absolute atomic E-state index is 6.15. The molecule has 0 saturated carbocycles. The van der Waals surface area contributed by atoms with Gasteiger partial charge < -0.3 is 20.1 Å². The van der Waals surface area contributed by atoms with Crippen molar-refractivity contribution < 1.29 is 9.47 Å². The molecule has 0 spiro atoms. The second-order valence-electron chi connectivity index (χ2n) is 4.68. The third kappa shape index (κ3) is 3.03. The highest BCUT2D eigenvalue weighted by Crippen LogP contribution is 2.39. The molecule has 4 nitrogen and oxygen atoms in total. The van der Waals surface area contributed by atoms with Crippen LogP contribution < -0.4 is 20.1 Å². The quantitative estimate of drug-likeness (QED) is 0.841. The molecule has 2 N–H and O–H groups in total. The molecule has 1 heterocycles. The number of benzene rings is 1. The highest BCUT2D eigenvalue weighted by Gasteiger charge is 2.20. The number of nitrogen functional groups attached to an aromatic ring is 1. The van der Waals surface area contributed by atoms with E-state index in [2.05, 4.69) is 25.1 Å². The number of thioether (sulfide) groups is 1. The average Bonchev–Trinajstić information content (AvgIpc) is 2.43. The molecule has 0 aliphatic carbocycles. The number of rotatable bonds is 5. The van der Waals surface area contributed by atoms with Crippen LogP contribution >= 0.6 is 11.8 Å². The Bertz CT molecular complexity index is 440. The molecule has 0 amide bonds. The van der Waals surface area contributed by atoms with Crippen LogP contribution in [-0.2, 0) is 0 Å². The lowest BCUT2D eigenvalue weighted by atomic mass is 10.1. The predicted octanol–water partition coefficient (Wildman–Crippen LogP) is 2.62. The lowest BCUT2D eigenvalue weighted by Gasteiger charge is -2.31. The van der Waals surface area contributed by atoms with Gasteiger partial charge in [0.1, 0.15) is 13.2 Å². The van der Waals surface area contributed by atoms with Crippen molar-refractivity contribution in [1.82, 2.24) is 0 Å². The zero-order valence-electron chi connectivity index (χ0n) is 11.8. The van der Waals surface area contributed by atoms with Gasteiger partial charge in [-0.1, -0.05) is 6.92 Å². The summed E-state index contributed by atoms with van der Waals surface area (Å²) < 4.78 is 11.2. The van der Waals surface area contributed by atoms with Gasteiger partial charge in [-0.05, 0) is 12.7 Å². The van der Waals surface area contributed by atoms with Crippen LogP contribution in [0.3, 0.4) is 0 Å². The van der Waals surface area contributed by atoms with E-state index in [0.717, 1.165) is 35.0 Å². The summed E-state index contributed by atoms with van der Waals surface area (Å²) in [5.74, 6) is 2.63. The van der Waals surface area contributed by atoms with Crippen LogP contribution in [0.15, 0.2) is 12.1 Å². The van der Waals surface area contributed by atoms with Crippen LogP contribution in [0.25, 0.3) is 0 Å². The van der Waals surface area contributed by atoms with E-state index in [0.29, 0.717) is 19.3 Å². The van der Waals surface area contributed by atoms with Gasteiger partial charge in [0.15, 0.2) is 11.5 Å². The van der Waals surface area contributed by atoms with Crippen molar-refractivity contribution in [3.05, 3.63) is 12.1 Å². The van der Waals surface area contributed by atoms with Gasteiger partial charge in [0.05, 0.1) is 11.4 Å². The lowest BCUT2D eigenvalue weighted by molar-refractivity contribution is 0.172. The van der Waals surface area contributed by atoms with Crippen LogP contribution in [0, 0.1) is 0 Å². The second-order valence-corrected chi connectivity index (χ2v) is 5.59. The maximum Gasteiger partial charge on any atom is 0.163 e. The van der Waals surface area contributed by atoms with Gasteiger partial charge in [0.25, 0.3) is 0 Å². The summed E-state index contributed by atoms with van der Waals surface area (Å²) in [4.78, 5) is 2.24. The Hall–Kier alpha value is -1.23. The van der Waals surface area contributed by atoms with E-state index in [9.17, 15) is 0 Å². The molecule has 1 aromatic carbocycles. The summed E-state index contributed by atoms with van der Waals surface area (Å²) in [5.41, 5.74) is 7.91. The zero-order chi connectivity index (χ0) is 13.8. The number of ether oxygens (including phenoxy) is 2. The van der Waals surface area contributed by atoms with Gasteiger partial charge >= 0.3 is 0 Å². The second kappa shape index (κ2) is 6.28. The fraction of sp³-hybridized carbons (Fsp3) is 0.571. The maximum atomic E-state index is 6.15. The summed E-state index contributed by atoms with van der Waals surface area (Å²) in [6.45, 7) is 3.39. The van der Waals surface area contributed by atoms with Crippen LogP contribution in [0.2, 0.25) is 0 Å². The Balaban J connectivity index is 2.28. The first-order valence-electron chi connectivity index (χ1n) is 6.58. The molecule has 1 unspecified atom stereocenters. The third-order valence-electron chi connectivity index (χ3n) is 3.45. The van der Waals surface area contributed by atoms with Crippen LogP contribution in [0.4, 0.5) is 11.4 Å². The van der Waals surface area contributed by atoms with E-state index in [4.69, 9.17) is 15.2 Å². The Kier molecular flexibility index (Phi) is 4.69. The first-order valence-corrected chi connectivity index (χ1v) is 7.97. The minimum absolute atomic E-state index is 0.472. The predicted molar refractivity (Wildman–Crippen MR) is 82.7 cm³/mol. The van der Waals surface area contributed by atoms with Gasteiger partial charge in [-0.2, -0.15) is 11.8 Å². The summed E-state index contributed by atoms with van der Waals surface area (Å²) in [6, 6.07) is 4.33. The van der Waals surface area contributed by atoms with Gasteiger partial charge in [-0.15, -0.1) is 0 Å². The van der Waals surface area contributed by atoms with Crippen LogP contribution in [0.5, 0.6) is 11.5 Å². The molecule has 0 radical (unpaired) electrons. The highest BCUT2D eigenvalue weighted by molar-refractivity contribution is 7.98. The van der Waals surface area contributed by atoms with Gasteiger partial charge in [0.2, 0.25) is 0 Å². The molecule has 106 valence electrons. The summed E-state index contributed by atoms with van der Waals surface area (Å²) >= 11 is 1.85. The number of fused-ring (bicyclic) bond motifs is 1. The molecule has 0 fully saturated rings. The summed E-state index contributed by atoms with van der Waals surface area (Å²) in [6.07, 6.45) is 3.22. The number of nitrogens with two attached hydrogens (primary N) is 1. The van der Waals surface area contributed by atoms with Crippen molar-refractivity contribution in [2.24, 2.45) is 0 Å². The molecule has 0 aromatic heterocycles. The largest absolute Gasteiger partial charge is 0.486 e. The van der Waals surface area contributed by atoms with Crippen molar-refractivity contribution in [3.63, 3.8) is 0 Å². The first-order chi connectivity index (χ1) is 9.17. The van der Waals surface area contributed by atoms with Crippen molar-refractivity contribution in [2.45, 2.75) is 19.4 Å². The molecule has 1 aliphatic rings. The topological polar surface area (TPSA) is 47.7 Å². The van der Waals surface area contributed by atoms with E-state index >= 15 is 0 Å². The lowest BCUT2D eigenvalue weighted by Crippen LogP contribution is -2.33. The molecular formula is C14H22N2O2S.